The molecule has 0 saturated heterocycles. The van der Waals surface area contributed by atoms with Gasteiger partial charge < -0.3 is 10.2 Å². The van der Waals surface area contributed by atoms with Crippen molar-refractivity contribution in [2.75, 3.05) is 18.4 Å². The molecule has 6 nitrogen and oxygen atoms in total. The second kappa shape index (κ2) is 9.11. The van der Waals surface area contributed by atoms with Crippen molar-refractivity contribution in [3.8, 4) is 0 Å². The number of nitrogens with one attached hydrogen (secondary N) is 1. The molecule has 0 spiro atoms. The summed E-state index contributed by atoms with van der Waals surface area (Å²) in [5.41, 5.74) is 2.87. The van der Waals surface area contributed by atoms with Crippen molar-refractivity contribution in [2.45, 2.75) is 47.0 Å². The van der Waals surface area contributed by atoms with E-state index in [2.05, 4.69) is 17.4 Å². The first-order chi connectivity index (χ1) is 15.3. The van der Waals surface area contributed by atoms with E-state index in [1.54, 1.807) is 30.9 Å². The Labute approximate surface area is 193 Å². The number of hydrogen-bond donors (Lipinski definition) is 1. The number of carbonyl (C=O) groups excluding carboxylic acids is 2. The van der Waals surface area contributed by atoms with Crippen molar-refractivity contribution in [1.29, 1.82) is 0 Å². The van der Waals surface area contributed by atoms with Crippen LogP contribution in [0.2, 0.25) is 0 Å². The Bertz CT molecular complexity index is 1180. The molecule has 4 rings (SSSR count). The first-order valence-electron chi connectivity index (χ1n) is 10.6. The zero-order chi connectivity index (χ0) is 22.9. The zero-order valence-electron chi connectivity index (χ0n) is 18.1. The Morgan fingerprint density at radius 3 is 2.66 bits per heavy atom. The van der Waals surface area contributed by atoms with Crippen LogP contribution in [0.25, 0.3) is 5.57 Å². The third kappa shape index (κ3) is 4.61. The molecule has 2 heterocycles. The minimum Gasteiger partial charge on any atom is -0.339 e. The molecule has 0 aliphatic carbocycles. The number of benzene rings is 2. The van der Waals surface area contributed by atoms with Crippen molar-refractivity contribution >= 4 is 44.7 Å². The van der Waals surface area contributed by atoms with E-state index in [4.69, 9.17) is 0 Å². The van der Waals surface area contributed by atoms with Gasteiger partial charge in [-0.1, -0.05) is 36.4 Å². The quantitative estimate of drug-likeness (QED) is 0.715. The molecule has 2 amide bonds. The van der Waals surface area contributed by atoms with Gasteiger partial charge in [-0.05, 0) is 49.6 Å². The summed E-state index contributed by atoms with van der Waals surface area (Å²) >= 11 is 1.40. The molecule has 2 aliphatic heterocycles. The number of anilines is 1. The fourth-order valence-electron chi connectivity index (χ4n) is 3.89. The minimum atomic E-state index is -3.71. The highest BCUT2D eigenvalue weighted by Gasteiger charge is 2.30. The highest BCUT2D eigenvalue weighted by molar-refractivity contribution is 8.01. The molecule has 2 aromatic carbocycles. The number of amides is 2. The second-order valence-electron chi connectivity index (χ2n) is 8.15. The number of carbonyl (C=O) groups is 2. The lowest BCUT2D eigenvalue weighted by molar-refractivity contribution is -0.130. The number of sulfone groups is 1. The van der Waals surface area contributed by atoms with Crippen LogP contribution >= 0.6 is 11.8 Å². The van der Waals surface area contributed by atoms with Gasteiger partial charge in [0.1, 0.15) is 0 Å². The molecule has 168 valence electrons. The average molecular weight is 471 g/mol. The summed E-state index contributed by atoms with van der Waals surface area (Å²) in [6.07, 6.45) is 2.71. The van der Waals surface area contributed by atoms with Crippen LogP contribution < -0.4 is 5.32 Å². The second-order valence-corrected chi connectivity index (χ2v) is 11.9. The van der Waals surface area contributed by atoms with Crippen LogP contribution in [0.15, 0.2) is 64.4 Å². The van der Waals surface area contributed by atoms with Crippen molar-refractivity contribution in [2.24, 2.45) is 0 Å². The lowest BCUT2D eigenvalue weighted by Crippen LogP contribution is -2.37. The first kappa shape index (κ1) is 22.6. The van der Waals surface area contributed by atoms with Gasteiger partial charge in [-0.3, -0.25) is 9.59 Å². The molecule has 0 aromatic heterocycles. The SMILES string of the molecule is CC1Sc2ccc(S(=O)(=O)C(C)CC(=O)N3CC=C(c4ccccc4)CC3)cc2NC1=O. The Hall–Kier alpha value is -2.58. The van der Waals surface area contributed by atoms with Gasteiger partial charge in [0.15, 0.2) is 9.84 Å². The van der Waals surface area contributed by atoms with Gasteiger partial charge in [-0.25, -0.2) is 8.42 Å². The van der Waals surface area contributed by atoms with Gasteiger partial charge in [0.25, 0.3) is 0 Å². The molecule has 1 N–H and O–H groups in total. The highest BCUT2D eigenvalue weighted by atomic mass is 32.2. The molecule has 2 unspecified atom stereocenters. The van der Waals surface area contributed by atoms with E-state index < -0.39 is 15.1 Å². The molecule has 8 heteroatoms. The molecule has 2 aliphatic rings. The molecule has 32 heavy (non-hydrogen) atoms. The number of rotatable bonds is 5. The summed E-state index contributed by atoms with van der Waals surface area (Å²) in [5, 5.41) is 1.68. The predicted molar refractivity (Wildman–Crippen MR) is 127 cm³/mol. The normalized spacial score (nSPS) is 19.6. The van der Waals surface area contributed by atoms with Crippen LogP contribution in [0.1, 0.15) is 32.3 Å². The van der Waals surface area contributed by atoms with E-state index in [1.807, 2.05) is 24.3 Å². The van der Waals surface area contributed by atoms with Gasteiger partial charge in [0, 0.05) is 24.4 Å². The van der Waals surface area contributed by atoms with Crippen LogP contribution in [0.3, 0.4) is 0 Å². The maximum atomic E-state index is 13.1. The lowest BCUT2D eigenvalue weighted by atomic mass is 9.99. The fraction of sp³-hybridized carbons (Fsp3) is 0.333. The third-order valence-corrected chi connectivity index (χ3v) is 9.22. The van der Waals surface area contributed by atoms with Gasteiger partial charge in [0.05, 0.1) is 21.1 Å². The van der Waals surface area contributed by atoms with Crippen LogP contribution in [-0.2, 0) is 19.4 Å². The summed E-state index contributed by atoms with van der Waals surface area (Å²) in [6, 6.07) is 14.8. The number of fused-ring (bicyclic) bond motifs is 1. The van der Waals surface area contributed by atoms with Gasteiger partial charge in [-0.15, -0.1) is 11.8 Å². The Kier molecular flexibility index (Phi) is 6.44. The molecular formula is C24H26N2O4S2. The van der Waals surface area contributed by atoms with Crippen molar-refractivity contribution < 1.29 is 18.0 Å². The summed E-state index contributed by atoms with van der Waals surface area (Å²) in [6.45, 7) is 4.43. The molecule has 2 aromatic rings. The first-order valence-corrected chi connectivity index (χ1v) is 13.1. The molecule has 0 radical (unpaired) electrons. The molecule has 0 saturated carbocycles. The standard InChI is InChI=1S/C24H26N2O4S2/c1-16(14-23(27)26-12-10-19(11-13-26)18-6-4-3-5-7-18)32(29,30)20-8-9-22-21(15-20)25-24(28)17(2)31-22/h3-10,15-17H,11-14H2,1-2H3,(H,25,28). The van der Waals surface area contributed by atoms with E-state index in [-0.39, 0.29) is 28.4 Å². The number of thioether (sulfide) groups is 1. The fourth-order valence-corrected chi connectivity index (χ4v) is 6.19. The van der Waals surface area contributed by atoms with Crippen LogP contribution in [0, 0.1) is 0 Å². The molecule has 0 bridgehead atoms. The van der Waals surface area contributed by atoms with Gasteiger partial charge in [0.2, 0.25) is 11.8 Å². The van der Waals surface area contributed by atoms with E-state index in [0.29, 0.717) is 18.8 Å². The summed E-state index contributed by atoms with van der Waals surface area (Å²) in [7, 11) is -3.71. The maximum absolute atomic E-state index is 13.1. The van der Waals surface area contributed by atoms with Gasteiger partial charge in [-0.2, -0.15) is 0 Å². The summed E-state index contributed by atoms with van der Waals surface area (Å²) in [5.74, 6) is -0.312. The minimum absolute atomic E-state index is 0.0773. The average Bonchev–Trinajstić information content (AvgIpc) is 2.80. The van der Waals surface area contributed by atoms with Gasteiger partial charge >= 0.3 is 0 Å². The summed E-state index contributed by atoms with van der Waals surface area (Å²) in [4.78, 5) is 27.4. The lowest BCUT2D eigenvalue weighted by Gasteiger charge is -2.28. The highest BCUT2D eigenvalue weighted by Crippen LogP contribution is 2.37. The Balaban J connectivity index is 1.43. The van der Waals surface area contributed by atoms with Crippen molar-refractivity contribution in [3.05, 3.63) is 60.2 Å². The molecule has 2 atom stereocenters. The maximum Gasteiger partial charge on any atom is 0.237 e. The van der Waals surface area contributed by atoms with Crippen LogP contribution in [-0.4, -0.2) is 48.7 Å². The topological polar surface area (TPSA) is 83.6 Å². The van der Waals surface area contributed by atoms with Crippen LogP contribution in [0.5, 0.6) is 0 Å². The molecule has 0 fully saturated rings. The monoisotopic (exact) mass is 470 g/mol. The predicted octanol–water partition coefficient (Wildman–Crippen LogP) is 3.99. The van der Waals surface area contributed by atoms with Crippen molar-refractivity contribution in [3.63, 3.8) is 0 Å². The number of nitrogens with zero attached hydrogens (tertiary/aromatic N) is 1. The molecular weight excluding hydrogens is 444 g/mol. The number of hydrogen-bond acceptors (Lipinski definition) is 5. The Morgan fingerprint density at radius 1 is 1.22 bits per heavy atom. The zero-order valence-corrected chi connectivity index (χ0v) is 19.7. The largest absolute Gasteiger partial charge is 0.339 e. The Morgan fingerprint density at radius 2 is 1.97 bits per heavy atom. The van der Waals surface area contributed by atoms with E-state index in [9.17, 15) is 18.0 Å². The smallest absolute Gasteiger partial charge is 0.237 e. The van der Waals surface area contributed by atoms with Crippen LogP contribution in [0.4, 0.5) is 5.69 Å². The summed E-state index contributed by atoms with van der Waals surface area (Å²) < 4.78 is 26.2. The van der Waals surface area contributed by atoms with E-state index >= 15 is 0 Å². The van der Waals surface area contributed by atoms with Crippen molar-refractivity contribution in [1.82, 2.24) is 4.90 Å². The third-order valence-electron chi connectivity index (χ3n) is 5.91. The van der Waals surface area contributed by atoms with E-state index in [0.717, 1.165) is 16.9 Å². The van der Waals surface area contributed by atoms with E-state index in [1.165, 1.54) is 23.4 Å².